The fraction of sp³-hybridized carbons (Fsp3) is 0. The molecular weight excluding hydrogens is 202 g/mol. The predicted molar refractivity (Wildman–Crippen MR) is 61.1 cm³/mol. The van der Waals surface area contributed by atoms with Gasteiger partial charge in [0.15, 0.2) is 5.82 Å². The third kappa shape index (κ3) is 1.30. The van der Waals surface area contributed by atoms with E-state index < -0.39 is 0 Å². The van der Waals surface area contributed by atoms with E-state index in [1.54, 1.807) is 10.9 Å². The molecule has 0 spiro atoms. The fourth-order valence-electron chi connectivity index (χ4n) is 1.64. The van der Waals surface area contributed by atoms with Gasteiger partial charge in [0.2, 0.25) is 0 Å². The Morgan fingerprint density at radius 1 is 1.19 bits per heavy atom. The van der Waals surface area contributed by atoms with Crippen LogP contribution in [0.2, 0.25) is 0 Å². The van der Waals surface area contributed by atoms with Crippen LogP contribution in [0, 0.1) is 0 Å². The number of benzene rings is 1. The lowest BCUT2D eigenvalue weighted by atomic mass is 10.2. The molecule has 0 atom stereocenters. The van der Waals surface area contributed by atoms with Gasteiger partial charge in [-0.2, -0.15) is 5.10 Å². The minimum atomic E-state index is 0.690. The van der Waals surface area contributed by atoms with Gasteiger partial charge in [-0.25, -0.2) is 14.6 Å². The van der Waals surface area contributed by atoms with Crippen LogP contribution in [0.15, 0.2) is 43.0 Å². The lowest BCUT2D eigenvalue weighted by molar-refractivity contribution is 0.851. The monoisotopic (exact) mass is 211 g/mol. The molecule has 3 aromatic rings. The lowest BCUT2D eigenvalue weighted by Crippen LogP contribution is -2.00. The summed E-state index contributed by atoms with van der Waals surface area (Å²) in [5, 5.41) is 5.05. The molecule has 78 valence electrons. The van der Waals surface area contributed by atoms with E-state index in [4.69, 9.17) is 5.73 Å². The molecule has 2 aromatic heterocycles. The molecule has 0 amide bonds. The zero-order valence-corrected chi connectivity index (χ0v) is 8.41. The topological polar surface area (TPSA) is 69.6 Å². The molecule has 0 saturated heterocycles. The molecule has 1 aromatic carbocycles. The van der Waals surface area contributed by atoms with Crippen LogP contribution >= 0.6 is 0 Å². The molecular formula is C11H9N5. The van der Waals surface area contributed by atoms with Crippen molar-refractivity contribution in [2.45, 2.75) is 0 Å². The van der Waals surface area contributed by atoms with Crippen molar-refractivity contribution in [3.8, 4) is 5.82 Å². The van der Waals surface area contributed by atoms with E-state index in [1.165, 1.54) is 6.33 Å². The van der Waals surface area contributed by atoms with E-state index in [9.17, 15) is 0 Å². The summed E-state index contributed by atoms with van der Waals surface area (Å²) in [6.07, 6.45) is 5.07. The SMILES string of the molecule is Nc1ccc2ncnc(-n3cccn3)c2c1. The van der Waals surface area contributed by atoms with Gasteiger partial charge in [-0.3, -0.25) is 0 Å². The van der Waals surface area contributed by atoms with E-state index in [0.717, 1.165) is 16.7 Å². The van der Waals surface area contributed by atoms with Gasteiger partial charge in [-0.1, -0.05) is 0 Å². The van der Waals surface area contributed by atoms with Crippen LogP contribution in [0.3, 0.4) is 0 Å². The maximum absolute atomic E-state index is 5.76. The molecule has 5 heteroatoms. The molecule has 0 aliphatic heterocycles. The van der Waals surface area contributed by atoms with Crippen LogP contribution in [0.25, 0.3) is 16.7 Å². The first kappa shape index (κ1) is 8.84. The second kappa shape index (κ2) is 3.30. The Morgan fingerprint density at radius 3 is 2.94 bits per heavy atom. The van der Waals surface area contributed by atoms with Crippen LogP contribution in [-0.4, -0.2) is 19.7 Å². The standard InChI is InChI=1S/C11H9N5/c12-8-2-3-10-9(6-8)11(14-7-13-10)16-5-1-4-15-16/h1-7H,12H2. The van der Waals surface area contributed by atoms with Crippen molar-refractivity contribution < 1.29 is 0 Å². The maximum Gasteiger partial charge on any atom is 0.164 e. The zero-order chi connectivity index (χ0) is 11.0. The number of nitrogens with zero attached hydrogens (tertiary/aromatic N) is 4. The first-order valence-corrected chi connectivity index (χ1v) is 4.85. The number of hydrogen-bond acceptors (Lipinski definition) is 4. The van der Waals surface area contributed by atoms with Crippen LogP contribution < -0.4 is 5.73 Å². The molecule has 2 N–H and O–H groups in total. The normalized spacial score (nSPS) is 10.8. The number of aromatic nitrogens is 4. The Bertz CT molecular complexity index is 630. The molecule has 0 bridgehead atoms. The second-order valence-electron chi connectivity index (χ2n) is 3.42. The first-order valence-electron chi connectivity index (χ1n) is 4.85. The number of nitrogen functional groups attached to an aromatic ring is 1. The smallest absolute Gasteiger partial charge is 0.164 e. The van der Waals surface area contributed by atoms with E-state index in [0.29, 0.717) is 5.69 Å². The molecule has 0 radical (unpaired) electrons. The highest BCUT2D eigenvalue weighted by Crippen LogP contribution is 2.20. The summed E-state index contributed by atoms with van der Waals surface area (Å²) in [5.74, 6) is 0.738. The molecule has 0 aliphatic carbocycles. The Hall–Kier alpha value is -2.43. The van der Waals surface area contributed by atoms with Crippen molar-refractivity contribution in [2.75, 3.05) is 5.73 Å². The molecule has 0 aliphatic rings. The van der Waals surface area contributed by atoms with E-state index in [-0.39, 0.29) is 0 Å². The number of fused-ring (bicyclic) bond motifs is 1. The van der Waals surface area contributed by atoms with Crippen molar-refractivity contribution in [3.63, 3.8) is 0 Å². The van der Waals surface area contributed by atoms with Crippen LogP contribution in [0.5, 0.6) is 0 Å². The minimum Gasteiger partial charge on any atom is -0.399 e. The van der Waals surface area contributed by atoms with E-state index in [2.05, 4.69) is 15.1 Å². The highest BCUT2D eigenvalue weighted by atomic mass is 15.3. The zero-order valence-electron chi connectivity index (χ0n) is 8.41. The van der Waals surface area contributed by atoms with Gasteiger partial charge in [0.25, 0.3) is 0 Å². The predicted octanol–water partition coefficient (Wildman–Crippen LogP) is 1.40. The molecule has 3 rings (SSSR count). The summed E-state index contributed by atoms with van der Waals surface area (Å²) < 4.78 is 1.70. The Labute approximate surface area is 91.6 Å². The lowest BCUT2D eigenvalue weighted by Gasteiger charge is -2.05. The quantitative estimate of drug-likeness (QED) is 0.617. The van der Waals surface area contributed by atoms with E-state index >= 15 is 0 Å². The van der Waals surface area contributed by atoms with Crippen molar-refractivity contribution in [1.82, 2.24) is 19.7 Å². The number of anilines is 1. The molecule has 16 heavy (non-hydrogen) atoms. The van der Waals surface area contributed by atoms with Crippen molar-refractivity contribution in [2.24, 2.45) is 0 Å². The third-order valence-electron chi connectivity index (χ3n) is 2.36. The summed E-state index contributed by atoms with van der Waals surface area (Å²) in [7, 11) is 0. The van der Waals surface area contributed by atoms with Gasteiger partial charge < -0.3 is 5.73 Å². The number of nitrogens with two attached hydrogens (primary N) is 1. The van der Waals surface area contributed by atoms with Gasteiger partial charge in [0, 0.05) is 23.5 Å². The highest BCUT2D eigenvalue weighted by molar-refractivity contribution is 5.87. The third-order valence-corrected chi connectivity index (χ3v) is 2.36. The van der Waals surface area contributed by atoms with Crippen molar-refractivity contribution in [1.29, 1.82) is 0 Å². The van der Waals surface area contributed by atoms with Gasteiger partial charge in [0.1, 0.15) is 6.33 Å². The average molecular weight is 211 g/mol. The van der Waals surface area contributed by atoms with Crippen LogP contribution in [0.4, 0.5) is 5.69 Å². The maximum atomic E-state index is 5.76. The van der Waals surface area contributed by atoms with Crippen LogP contribution in [-0.2, 0) is 0 Å². The van der Waals surface area contributed by atoms with Gasteiger partial charge in [-0.15, -0.1) is 0 Å². The summed E-state index contributed by atoms with van der Waals surface area (Å²) in [6.45, 7) is 0. The van der Waals surface area contributed by atoms with Gasteiger partial charge >= 0.3 is 0 Å². The summed E-state index contributed by atoms with van der Waals surface area (Å²) in [5.41, 5.74) is 7.31. The number of rotatable bonds is 1. The first-order chi connectivity index (χ1) is 7.84. The highest BCUT2D eigenvalue weighted by Gasteiger charge is 2.05. The van der Waals surface area contributed by atoms with Crippen LogP contribution in [0.1, 0.15) is 0 Å². The second-order valence-corrected chi connectivity index (χ2v) is 3.42. The molecule has 5 nitrogen and oxygen atoms in total. The summed E-state index contributed by atoms with van der Waals surface area (Å²) in [6, 6.07) is 7.40. The summed E-state index contributed by atoms with van der Waals surface area (Å²) in [4.78, 5) is 8.41. The fourth-order valence-corrected chi connectivity index (χ4v) is 1.64. The van der Waals surface area contributed by atoms with Gasteiger partial charge in [-0.05, 0) is 24.3 Å². The molecule has 0 fully saturated rings. The minimum absolute atomic E-state index is 0.690. The summed E-state index contributed by atoms with van der Waals surface area (Å²) >= 11 is 0. The van der Waals surface area contributed by atoms with Crippen molar-refractivity contribution in [3.05, 3.63) is 43.0 Å². The largest absolute Gasteiger partial charge is 0.399 e. The Morgan fingerprint density at radius 2 is 2.12 bits per heavy atom. The van der Waals surface area contributed by atoms with Crippen molar-refractivity contribution >= 4 is 16.6 Å². The Kier molecular flexibility index (Phi) is 1.83. The molecule has 0 unspecified atom stereocenters. The Balaban J connectivity index is 2.36. The van der Waals surface area contributed by atoms with E-state index in [1.807, 2.05) is 30.5 Å². The van der Waals surface area contributed by atoms with Gasteiger partial charge in [0.05, 0.1) is 5.52 Å². The molecule has 2 heterocycles. The molecule has 0 saturated carbocycles. The number of hydrogen-bond donors (Lipinski definition) is 1. The average Bonchev–Trinajstić information content (AvgIpc) is 2.81.